The predicted octanol–water partition coefficient (Wildman–Crippen LogP) is 1.90. The molecule has 0 aliphatic rings. The standard InChI is InChI=1S/C12H14O5S/c1-2-9-18(15,16)17-11-6-3-10(4-7-11)5-8-12(13)14/h3-8H,2,9H2,1H3,(H,13,14). The molecule has 1 aromatic rings. The van der Waals surface area contributed by atoms with E-state index in [0.717, 1.165) is 6.08 Å². The Morgan fingerprint density at radius 1 is 1.33 bits per heavy atom. The van der Waals surface area contributed by atoms with Crippen molar-refractivity contribution < 1.29 is 22.5 Å². The zero-order chi connectivity index (χ0) is 13.6. The molecular weight excluding hydrogens is 256 g/mol. The number of aliphatic carboxylic acids is 1. The number of hydrogen-bond acceptors (Lipinski definition) is 4. The lowest BCUT2D eigenvalue weighted by Crippen LogP contribution is -2.12. The van der Waals surface area contributed by atoms with E-state index >= 15 is 0 Å². The van der Waals surface area contributed by atoms with Crippen LogP contribution in [0.15, 0.2) is 30.3 Å². The number of carboxylic acid groups (broad SMARTS) is 1. The highest BCUT2D eigenvalue weighted by Crippen LogP contribution is 2.15. The van der Waals surface area contributed by atoms with E-state index in [-0.39, 0.29) is 11.5 Å². The lowest BCUT2D eigenvalue weighted by Gasteiger charge is -2.05. The third-order valence-electron chi connectivity index (χ3n) is 1.98. The van der Waals surface area contributed by atoms with Gasteiger partial charge in [0.1, 0.15) is 5.75 Å². The van der Waals surface area contributed by atoms with Gasteiger partial charge in [0.05, 0.1) is 5.75 Å². The first kappa shape index (κ1) is 14.2. The lowest BCUT2D eigenvalue weighted by atomic mass is 10.2. The second-order valence-electron chi connectivity index (χ2n) is 3.59. The summed E-state index contributed by atoms with van der Waals surface area (Å²) in [4.78, 5) is 10.3. The first-order valence-corrected chi connectivity index (χ1v) is 6.94. The van der Waals surface area contributed by atoms with Gasteiger partial charge < -0.3 is 9.29 Å². The van der Waals surface area contributed by atoms with Gasteiger partial charge in [-0.25, -0.2) is 4.79 Å². The van der Waals surface area contributed by atoms with Crippen molar-refractivity contribution >= 4 is 22.2 Å². The highest BCUT2D eigenvalue weighted by Gasteiger charge is 2.10. The Balaban J connectivity index is 2.75. The van der Waals surface area contributed by atoms with Crippen molar-refractivity contribution in [3.05, 3.63) is 35.9 Å². The highest BCUT2D eigenvalue weighted by atomic mass is 32.2. The maximum absolute atomic E-state index is 11.4. The maximum atomic E-state index is 11.4. The summed E-state index contributed by atoms with van der Waals surface area (Å²) in [5.41, 5.74) is 0.651. The molecule has 1 N–H and O–H groups in total. The molecule has 0 atom stereocenters. The normalized spacial score (nSPS) is 11.6. The minimum atomic E-state index is -3.54. The number of carboxylic acids is 1. The fourth-order valence-corrected chi connectivity index (χ4v) is 2.23. The Bertz CT molecular complexity index is 528. The molecule has 0 heterocycles. The molecule has 0 radical (unpaired) electrons. The van der Waals surface area contributed by atoms with Crippen molar-refractivity contribution in [1.82, 2.24) is 0 Å². The van der Waals surface area contributed by atoms with Crippen LogP contribution in [0.1, 0.15) is 18.9 Å². The summed E-state index contributed by atoms with van der Waals surface area (Å²) in [5.74, 6) is -0.856. The van der Waals surface area contributed by atoms with Gasteiger partial charge in [0.15, 0.2) is 0 Å². The molecule has 0 aromatic heterocycles. The van der Waals surface area contributed by atoms with Crippen LogP contribution >= 0.6 is 0 Å². The quantitative estimate of drug-likeness (QED) is 0.630. The van der Waals surface area contributed by atoms with E-state index in [4.69, 9.17) is 9.29 Å². The fraction of sp³-hybridized carbons (Fsp3) is 0.250. The largest absolute Gasteiger partial charge is 0.478 e. The topological polar surface area (TPSA) is 80.7 Å². The van der Waals surface area contributed by atoms with Crippen LogP contribution in [0.4, 0.5) is 0 Å². The number of hydrogen-bond donors (Lipinski definition) is 1. The Hall–Kier alpha value is -1.82. The number of benzene rings is 1. The molecular formula is C12H14O5S. The Labute approximate surface area is 106 Å². The van der Waals surface area contributed by atoms with E-state index in [1.165, 1.54) is 18.2 Å². The van der Waals surface area contributed by atoms with E-state index in [1.54, 1.807) is 19.1 Å². The summed E-state index contributed by atoms with van der Waals surface area (Å²) in [7, 11) is -3.54. The Morgan fingerprint density at radius 2 is 1.94 bits per heavy atom. The zero-order valence-corrected chi connectivity index (χ0v) is 10.7. The van der Waals surface area contributed by atoms with E-state index in [9.17, 15) is 13.2 Å². The average Bonchev–Trinajstić information content (AvgIpc) is 2.27. The van der Waals surface area contributed by atoms with Gasteiger partial charge in [-0.3, -0.25) is 0 Å². The van der Waals surface area contributed by atoms with E-state index in [1.807, 2.05) is 0 Å². The molecule has 0 aliphatic heterocycles. The summed E-state index contributed by atoms with van der Waals surface area (Å²) in [6.45, 7) is 1.75. The van der Waals surface area contributed by atoms with Crippen molar-refractivity contribution in [2.45, 2.75) is 13.3 Å². The van der Waals surface area contributed by atoms with Crippen LogP contribution in [-0.2, 0) is 14.9 Å². The molecule has 0 spiro atoms. The van der Waals surface area contributed by atoms with Gasteiger partial charge in [0.25, 0.3) is 0 Å². The summed E-state index contributed by atoms with van der Waals surface area (Å²) >= 11 is 0. The molecule has 0 amide bonds. The van der Waals surface area contributed by atoms with Crippen LogP contribution in [0, 0.1) is 0 Å². The third-order valence-corrected chi connectivity index (χ3v) is 3.33. The molecule has 0 saturated heterocycles. The second kappa shape index (κ2) is 6.20. The Kier molecular flexibility index (Phi) is 4.91. The van der Waals surface area contributed by atoms with Crippen molar-refractivity contribution in [2.75, 3.05) is 5.75 Å². The molecule has 98 valence electrons. The summed E-state index contributed by atoms with van der Waals surface area (Å²) in [6, 6.07) is 6.12. The minimum absolute atomic E-state index is 0.0341. The van der Waals surface area contributed by atoms with Crippen LogP contribution in [0.5, 0.6) is 5.75 Å². The van der Waals surface area contributed by atoms with Gasteiger partial charge >= 0.3 is 16.1 Å². The van der Waals surface area contributed by atoms with E-state index in [2.05, 4.69) is 0 Å². The predicted molar refractivity (Wildman–Crippen MR) is 67.8 cm³/mol. The lowest BCUT2D eigenvalue weighted by molar-refractivity contribution is -0.131. The second-order valence-corrected chi connectivity index (χ2v) is 5.28. The van der Waals surface area contributed by atoms with Crippen LogP contribution in [0.25, 0.3) is 6.08 Å². The third kappa shape index (κ3) is 5.01. The summed E-state index contributed by atoms with van der Waals surface area (Å²) < 4.78 is 27.6. The van der Waals surface area contributed by atoms with Gasteiger partial charge in [0, 0.05) is 6.08 Å². The molecule has 0 saturated carbocycles. The zero-order valence-electron chi connectivity index (χ0n) is 9.87. The van der Waals surface area contributed by atoms with Gasteiger partial charge in [-0.15, -0.1) is 0 Å². The first-order valence-electron chi connectivity index (χ1n) is 5.36. The van der Waals surface area contributed by atoms with Gasteiger partial charge in [-0.05, 0) is 30.2 Å². The van der Waals surface area contributed by atoms with Crippen LogP contribution < -0.4 is 4.18 Å². The minimum Gasteiger partial charge on any atom is -0.478 e. The van der Waals surface area contributed by atoms with Gasteiger partial charge in [-0.2, -0.15) is 8.42 Å². The molecule has 0 fully saturated rings. The summed E-state index contributed by atoms with van der Waals surface area (Å²) in [6.07, 6.45) is 2.90. The molecule has 5 nitrogen and oxygen atoms in total. The first-order chi connectivity index (χ1) is 8.43. The molecule has 0 bridgehead atoms. The van der Waals surface area contributed by atoms with Crippen molar-refractivity contribution in [1.29, 1.82) is 0 Å². The highest BCUT2D eigenvalue weighted by molar-refractivity contribution is 7.87. The number of carbonyl (C=O) groups is 1. The molecule has 1 rings (SSSR count). The van der Waals surface area contributed by atoms with Crippen LogP contribution in [-0.4, -0.2) is 25.2 Å². The molecule has 18 heavy (non-hydrogen) atoms. The monoisotopic (exact) mass is 270 g/mol. The van der Waals surface area contributed by atoms with Crippen molar-refractivity contribution in [2.24, 2.45) is 0 Å². The molecule has 6 heteroatoms. The Morgan fingerprint density at radius 3 is 2.44 bits per heavy atom. The van der Waals surface area contributed by atoms with Gasteiger partial charge in [-0.1, -0.05) is 19.1 Å². The smallest absolute Gasteiger partial charge is 0.328 e. The van der Waals surface area contributed by atoms with Gasteiger partial charge in [0.2, 0.25) is 0 Å². The van der Waals surface area contributed by atoms with E-state index in [0.29, 0.717) is 12.0 Å². The molecule has 1 aromatic carbocycles. The van der Waals surface area contributed by atoms with Crippen LogP contribution in [0.3, 0.4) is 0 Å². The van der Waals surface area contributed by atoms with E-state index < -0.39 is 16.1 Å². The fourth-order valence-electron chi connectivity index (χ4n) is 1.24. The van der Waals surface area contributed by atoms with Crippen molar-refractivity contribution in [3.63, 3.8) is 0 Å². The SMILES string of the molecule is CCCS(=O)(=O)Oc1ccc(C=CC(=O)O)cc1. The molecule has 0 unspecified atom stereocenters. The molecule has 0 aliphatic carbocycles. The average molecular weight is 270 g/mol. The van der Waals surface area contributed by atoms with Crippen LogP contribution in [0.2, 0.25) is 0 Å². The van der Waals surface area contributed by atoms with Crippen molar-refractivity contribution in [3.8, 4) is 5.75 Å². The maximum Gasteiger partial charge on any atom is 0.328 e. The number of rotatable bonds is 6. The summed E-state index contributed by atoms with van der Waals surface area (Å²) in [5, 5.41) is 8.45.